The molecule has 0 saturated carbocycles. The van der Waals surface area contributed by atoms with Crippen molar-refractivity contribution in [1.82, 2.24) is 9.78 Å². The first-order valence-electron chi connectivity index (χ1n) is 5.34. The Labute approximate surface area is 108 Å². The van der Waals surface area contributed by atoms with Crippen molar-refractivity contribution in [2.24, 2.45) is 0 Å². The monoisotopic (exact) mass is 266 g/mol. The van der Waals surface area contributed by atoms with E-state index in [-0.39, 0.29) is 11.4 Å². The number of aromatic carboxylic acids is 1. The molecule has 0 aliphatic heterocycles. The number of carbonyl (C=O) groups is 1. The summed E-state index contributed by atoms with van der Waals surface area (Å²) in [6.07, 6.45) is 0.590. The number of aryl methyl sites for hydroxylation is 1. The number of benzene rings is 1. The van der Waals surface area contributed by atoms with Crippen molar-refractivity contribution in [3.05, 3.63) is 40.7 Å². The molecule has 0 radical (unpaired) electrons. The number of halogens is 1. The SMILES string of the molecule is CCc1cc(C(=O)O)nn1-c1cc(Cl)ccc1O. The number of nitrogens with zero attached hydrogens (tertiary/aromatic N) is 2. The molecule has 0 atom stereocenters. The lowest BCUT2D eigenvalue weighted by atomic mass is 10.2. The quantitative estimate of drug-likeness (QED) is 0.895. The fraction of sp³-hybridized carbons (Fsp3) is 0.167. The van der Waals surface area contributed by atoms with Gasteiger partial charge < -0.3 is 10.2 Å². The molecule has 1 aromatic carbocycles. The zero-order valence-electron chi connectivity index (χ0n) is 9.59. The highest BCUT2D eigenvalue weighted by Crippen LogP contribution is 2.26. The molecule has 2 N–H and O–H groups in total. The molecule has 0 aliphatic rings. The van der Waals surface area contributed by atoms with Gasteiger partial charge in [-0.15, -0.1) is 0 Å². The van der Waals surface area contributed by atoms with Crippen LogP contribution in [0.5, 0.6) is 5.75 Å². The Morgan fingerprint density at radius 2 is 2.17 bits per heavy atom. The van der Waals surface area contributed by atoms with E-state index >= 15 is 0 Å². The maximum atomic E-state index is 10.9. The van der Waals surface area contributed by atoms with Gasteiger partial charge in [0.05, 0.1) is 0 Å². The van der Waals surface area contributed by atoms with Crippen molar-refractivity contribution in [3.63, 3.8) is 0 Å². The second kappa shape index (κ2) is 4.70. The normalized spacial score (nSPS) is 10.6. The summed E-state index contributed by atoms with van der Waals surface area (Å²) in [7, 11) is 0. The maximum Gasteiger partial charge on any atom is 0.356 e. The van der Waals surface area contributed by atoms with Crippen molar-refractivity contribution in [2.45, 2.75) is 13.3 Å². The molecule has 18 heavy (non-hydrogen) atoms. The first kappa shape index (κ1) is 12.4. The summed E-state index contributed by atoms with van der Waals surface area (Å²) in [5.74, 6) is -1.11. The van der Waals surface area contributed by atoms with Gasteiger partial charge in [0, 0.05) is 10.7 Å². The van der Waals surface area contributed by atoms with Crippen LogP contribution in [0.15, 0.2) is 24.3 Å². The number of hydrogen-bond donors (Lipinski definition) is 2. The van der Waals surface area contributed by atoms with Crippen LogP contribution in [0.4, 0.5) is 0 Å². The van der Waals surface area contributed by atoms with Gasteiger partial charge in [-0.05, 0) is 30.7 Å². The molecule has 5 nitrogen and oxygen atoms in total. The Morgan fingerprint density at radius 1 is 1.44 bits per heavy atom. The van der Waals surface area contributed by atoms with Crippen LogP contribution in [0, 0.1) is 0 Å². The average molecular weight is 267 g/mol. The van der Waals surface area contributed by atoms with E-state index < -0.39 is 5.97 Å². The van der Waals surface area contributed by atoms with Gasteiger partial charge in [0.15, 0.2) is 5.69 Å². The molecule has 0 unspecified atom stereocenters. The Bertz CT molecular complexity index is 607. The lowest BCUT2D eigenvalue weighted by Gasteiger charge is -2.08. The smallest absolute Gasteiger partial charge is 0.356 e. The van der Waals surface area contributed by atoms with E-state index in [1.54, 1.807) is 6.07 Å². The van der Waals surface area contributed by atoms with Crippen LogP contribution in [0.1, 0.15) is 23.1 Å². The highest BCUT2D eigenvalue weighted by molar-refractivity contribution is 6.30. The Kier molecular flexibility index (Phi) is 3.25. The molecule has 0 spiro atoms. The molecule has 0 fully saturated rings. The topological polar surface area (TPSA) is 75.3 Å². The van der Waals surface area contributed by atoms with Gasteiger partial charge in [-0.2, -0.15) is 5.10 Å². The van der Waals surface area contributed by atoms with Crippen LogP contribution < -0.4 is 0 Å². The predicted octanol–water partition coefficient (Wildman–Crippen LogP) is 2.49. The number of aromatic hydroxyl groups is 1. The van der Waals surface area contributed by atoms with E-state index in [1.165, 1.54) is 22.9 Å². The fourth-order valence-corrected chi connectivity index (χ4v) is 1.82. The van der Waals surface area contributed by atoms with Crippen molar-refractivity contribution in [3.8, 4) is 11.4 Å². The van der Waals surface area contributed by atoms with Gasteiger partial charge in [0.1, 0.15) is 11.4 Å². The third-order valence-corrected chi connectivity index (χ3v) is 2.77. The lowest BCUT2D eigenvalue weighted by Crippen LogP contribution is -2.03. The molecule has 0 amide bonds. The van der Waals surface area contributed by atoms with Crippen LogP contribution in [0.3, 0.4) is 0 Å². The lowest BCUT2D eigenvalue weighted by molar-refractivity contribution is 0.0690. The van der Waals surface area contributed by atoms with E-state index in [1.807, 2.05) is 6.92 Å². The second-order valence-electron chi connectivity index (χ2n) is 3.72. The van der Waals surface area contributed by atoms with Crippen molar-refractivity contribution in [2.75, 3.05) is 0 Å². The fourth-order valence-electron chi connectivity index (χ4n) is 1.65. The molecule has 0 bridgehead atoms. The molecule has 94 valence electrons. The van der Waals surface area contributed by atoms with Crippen LogP contribution in [-0.2, 0) is 6.42 Å². The summed E-state index contributed by atoms with van der Waals surface area (Å²) in [5, 5.41) is 23.1. The van der Waals surface area contributed by atoms with Crippen LogP contribution in [0.25, 0.3) is 5.69 Å². The highest BCUT2D eigenvalue weighted by atomic mass is 35.5. The summed E-state index contributed by atoms with van der Waals surface area (Å²) in [5.41, 5.74) is 0.989. The van der Waals surface area contributed by atoms with Crippen molar-refractivity contribution >= 4 is 17.6 Å². The van der Waals surface area contributed by atoms with Crippen LogP contribution >= 0.6 is 11.6 Å². The molecule has 1 heterocycles. The standard InChI is InChI=1S/C12H11ClN2O3/c1-2-8-6-9(12(17)18)14-15(8)10-5-7(13)3-4-11(10)16/h3-6,16H,2H2,1H3,(H,17,18). The van der Waals surface area contributed by atoms with E-state index in [4.69, 9.17) is 16.7 Å². The number of aromatic nitrogens is 2. The molecule has 2 rings (SSSR count). The third-order valence-electron chi connectivity index (χ3n) is 2.53. The van der Waals surface area contributed by atoms with Crippen molar-refractivity contribution < 1.29 is 15.0 Å². The minimum atomic E-state index is -1.11. The number of carboxylic acids is 1. The zero-order valence-corrected chi connectivity index (χ0v) is 10.3. The summed E-state index contributed by atoms with van der Waals surface area (Å²) >= 11 is 5.86. The molecule has 0 aliphatic carbocycles. The Balaban J connectivity index is 2.62. The first-order chi connectivity index (χ1) is 8.52. The molecular formula is C12H11ClN2O3. The number of hydrogen-bond acceptors (Lipinski definition) is 3. The molecule has 2 aromatic rings. The van der Waals surface area contributed by atoms with Gasteiger partial charge >= 0.3 is 5.97 Å². The van der Waals surface area contributed by atoms with Crippen molar-refractivity contribution in [1.29, 1.82) is 0 Å². The largest absolute Gasteiger partial charge is 0.506 e. The van der Waals surface area contributed by atoms with Crippen LogP contribution in [0.2, 0.25) is 5.02 Å². The number of rotatable bonds is 3. The third kappa shape index (κ3) is 2.17. The zero-order chi connectivity index (χ0) is 13.3. The summed E-state index contributed by atoms with van der Waals surface area (Å²) in [6, 6.07) is 6.00. The minimum Gasteiger partial charge on any atom is -0.506 e. The summed E-state index contributed by atoms with van der Waals surface area (Å²) < 4.78 is 1.39. The number of carboxylic acid groups (broad SMARTS) is 1. The van der Waals surface area contributed by atoms with Gasteiger partial charge in [0.2, 0.25) is 0 Å². The van der Waals surface area contributed by atoms with Gasteiger partial charge in [-0.25, -0.2) is 9.48 Å². The van der Waals surface area contributed by atoms with Gasteiger partial charge in [-0.3, -0.25) is 0 Å². The number of phenols is 1. The van der Waals surface area contributed by atoms with Gasteiger partial charge in [-0.1, -0.05) is 18.5 Å². The molecular weight excluding hydrogens is 256 g/mol. The summed E-state index contributed by atoms with van der Waals surface area (Å²) in [4.78, 5) is 10.9. The second-order valence-corrected chi connectivity index (χ2v) is 4.16. The van der Waals surface area contributed by atoms with Gasteiger partial charge in [0.25, 0.3) is 0 Å². The predicted molar refractivity (Wildman–Crippen MR) is 66.6 cm³/mol. The Morgan fingerprint density at radius 3 is 2.78 bits per heavy atom. The molecule has 0 saturated heterocycles. The molecule has 6 heteroatoms. The van der Waals surface area contributed by atoms with Crippen LogP contribution in [-0.4, -0.2) is 26.0 Å². The van der Waals surface area contributed by atoms with E-state index in [0.29, 0.717) is 22.8 Å². The highest BCUT2D eigenvalue weighted by Gasteiger charge is 2.15. The maximum absolute atomic E-state index is 10.9. The average Bonchev–Trinajstić information content (AvgIpc) is 2.76. The number of phenolic OH excluding ortho intramolecular Hbond substituents is 1. The molecule has 1 aromatic heterocycles. The van der Waals surface area contributed by atoms with E-state index in [2.05, 4.69) is 5.10 Å². The first-order valence-corrected chi connectivity index (χ1v) is 5.72. The Hall–Kier alpha value is -2.01. The minimum absolute atomic E-state index is 0.00543. The van der Waals surface area contributed by atoms with E-state index in [9.17, 15) is 9.90 Å². The van der Waals surface area contributed by atoms with E-state index in [0.717, 1.165) is 0 Å². The summed E-state index contributed by atoms with van der Waals surface area (Å²) in [6.45, 7) is 1.88.